The van der Waals surface area contributed by atoms with Crippen LogP contribution in [0.1, 0.15) is 11.6 Å². The standard InChI is InChI=1S/C20H20ClN5OS/c21-16-8-6-14(7-9-16)17(18(22)27)25-10-12-26(13-11-25)20-23-19(24-28-20)15-4-2-1-3-5-15/h1-9,17H,10-13H2,(H2,22,27). The molecule has 1 atom stereocenters. The van der Waals surface area contributed by atoms with Gasteiger partial charge in [-0.1, -0.05) is 54.1 Å². The number of piperazine rings is 1. The Kier molecular flexibility index (Phi) is 5.57. The number of benzene rings is 2. The molecule has 1 aliphatic heterocycles. The molecule has 8 heteroatoms. The van der Waals surface area contributed by atoms with Crippen LogP contribution in [0, 0.1) is 0 Å². The lowest BCUT2D eigenvalue weighted by Crippen LogP contribution is -2.50. The first kappa shape index (κ1) is 18.9. The fraction of sp³-hybridized carbons (Fsp3) is 0.250. The van der Waals surface area contributed by atoms with Gasteiger partial charge in [-0.2, -0.15) is 9.36 Å². The lowest BCUT2D eigenvalue weighted by molar-refractivity contribution is -0.123. The SMILES string of the molecule is NC(=O)C(c1ccc(Cl)cc1)N1CCN(c2nc(-c3ccccc3)ns2)CC1. The van der Waals surface area contributed by atoms with E-state index in [9.17, 15) is 4.79 Å². The Hall–Kier alpha value is -2.48. The highest BCUT2D eigenvalue weighted by Crippen LogP contribution is 2.27. The Balaban J connectivity index is 1.44. The number of nitrogens with two attached hydrogens (primary N) is 1. The van der Waals surface area contributed by atoms with Crippen molar-refractivity contribution in [1.29, 1.82) is 0 Å². The maximum Gasteiger partial charge on any atom is 0.239 e. The lowest BCUT2D eigenvalue weighted by atomic mass is 10.0. The van der Waals surface area contributed by atoms with Gasteiger partial charge >= 0.3 is 0 Å². The molecule has 0 aliphatic carbocycles. The van der Waals surface area contributed by atoms with Crippen molar-refractivity contribution in [3.8, 4) is 11.4 Å². The van der Waals surface area contributed by atoms with Crippen LogP contribution in [-0.2, 0) is 4.79 Å². The third kappa shape index (κ3) is 4.01. The number of aromatic nitrogens is 2. The van der Waals surface area contributed by atoms with Crippen LogP contribution < -0.4 is 10.6 Å². The van der Waals surface area contributed by atoms with Crippen LogP contribution in [0.2, 0.25) is 5.02 Å². The first-order chi connectivity index (χ1) is 13.6. The molecule has 2 heterocycles. The number of rotatable bonds is 5. The highest BCUT2D eigenvalue weighted by atomic mass is 35.5. The van der Waals surface area contributed by atoms with Crippen LogP contribution in [0.25, 0.3) is 11.4 Å². The molecule has 28 heavy (non-hydrogen) atoms. The second kappa shape index (κ2) is 8.26. The topological polar surface area (TPSA) is 75.4 Å². The van der Waals surface area contributed by atoms with Crippen LogP contribution in [0.3, 0.4) is 0 Å². The van der Waals surface area contributed by atoms with Crippen LogP contribution in [0.5, 0.6) is 0 Å². The predicted octanol–water partition coefficient (Wildman–Crippen LogP) is 3.21. The Labute approximate surface area is 172 Å². The van der Waals surface area contributed by atoms with Crippen molar-refractivity contribution in [3.63, 3.8) is 0 Å². The van der Waals surface area contributed by atoms with Gasteiger partial charge in [0.1, 0.15) is 6.04 Å². The second-order valence-electron chi connectivity index (χ2n) is 6.65. The van der Waals surface area contributed by atoms with E-state index in [1.54, 1.807) is 12.1 Å². The monoisotopic (exact) mass is 413 g/mol. The van der Waals surface area contributed by atoms with Crippen LogP contribution in [-0.4, -0.2) is 46.3 Å². The molecule has 2 aromatic carbocycles. The minimum atomic E-state index is -0.450. The summed E-state index contributed by atoms with van der Waals surface area (Å²) >= 11 is 7.37. The van der Waals surface area contributed by atoms with Crippen LogP contribution in [0.4, 0.5) is 5.13 Å². The van der Waals surface area contributed by atoms with Crippen LogP contribution >= 0.6 is 23.1 Å². The Bertz CT molecular complexity index is 939. The molecule has 0 spiro atoms. The first-order valence-corrected chi connectivity index (χ1v) is 10.2. The third-order valence-electron chi connectivity index (χ3n) is 4.85. The van der Waals surface area contributed by atoms with E-state index in [1.165, 1.54) is 11.5 Å². The van der Waals surface area contributed by atoms with E-state index < -0.39 is 6.04 Å². The first-order valence-electron chi connectivity index (χ1n) is 9.05. The smallest absolute Gasteiger partial charge is 0.239 e. The predicted molar refractivity (Wildman–Crippen MR) is 113 cm³/mol. The van der Waals surface area contributed by atoms with Gasteiger partial charge in [-0.3, -0.25) is 9.69 Å². The number of amides is 1. The molecular weight excluding hydrogens is 394 g/mol. The van der Waals surface area contributed by atoms with Gasteiger partial charge in [-0.15, -0.1) is 0 Å². The molecule has 2 N–H and O–H groups in total. The third-order valence-corrected chi connectivity index (χ3v) is 5.88. The molecule has 0 bridgehead atoms. The number of primary amides is 1. The molecule has 1 unspecified atom stereocenters. The van der Waals surface area contributed by atoms with E-state index in [-0.39, 0.29) is 5.91 Å². The van der Waals surface area contributed by atoms with Crippen molar-refractivity contribution in [2.75, 3.05) is 31.1 Å². The fourth-order valence-corrected chi connectivity index (χ4v) is 4.29. The number of hydrogen-bond acceptors (Lipinski definition) is 6. The number of carbonyl (C=O) groups excluding carboxylic acids is 1. The average Bonchev–Trinajstić information content (AvgIpc) is 3.21. The highest BCUT2D eigenvalue weighted by molar-refractivity contribution is 7.09. The number of hydrogen-bond donors (Lipinski definition) is 1. The van der Waals surface area contributed by atoms with Gasteiger partial charge in [0.2, 0.25) is 11.0 Å². The van der Waals surface area contributed by atoms with Gasteiger partial charge in [0.05, 0.1) is 0 Å². The summed E-state index contributed by atoms with van der Waals surface area (Å²) in [4.78, 5) is 21.1. The average molecular weight is 414 g/mol. The Morgan fingerprint density at radius 3 is 2.36 bits per heavy atom. The van der Waals surface area contributed by atoms with Gasteiger partial charge in [0, 0.05) is 48.3 Å². The maximum atomic E-state index is 12.1. The molecule has 0 radical (unpaired) electrons. The number of carbonyl (C=O) groups is 1. The summed E-state index contributed by atoms with van der Waals surface area (Å²) in [7, 11) is 0. The van der Waals surface area contributed by atoms with Gasteiger partial charge in [-0.25, -0.2) is 0 Å². The number of anilines is 1. The summed E-state index contributed by atoms with van der Waals surface area (Å²) in [6, 6.07) is 16.8. The molecule has 6 nitrogen and oxygen atoms in total. The highest BCUT2D eigenvalue weighted by Gasteiger charge is 2.30. The normalized spacial score (nSPS) is 16.1. The van der Waals surface area contributed by atoms with Crippen molar-refractivity contribution in [2.24, 2.45) is 5.73 Å². The number of halogens is 1. The van der Waals surface area contributed by atoms with E-state index in [1.807, 2.05) is 42.5 Å². The maximum absolute atomic E-state index is 12.1. The molecule has 0 saturated carbocycles. The zero-order valence-electron chi connectivity index (χ0n) is 15.2. The largest absolute Gasteiger partial charge is 0.368 e. The fourth-order valence-electron chi connectivity index (χ4n) is 3.42. The van der Waals surface area contributed by atoms with Gasteiger partial charge in [0.25, 0.3) is 0 Å². The van der Waals surface area contributed by atoms with Crippen molar-refractivity contribution >= 4 is 34.2 Å². The van der Waals surface area contributed by atoms with E-state index in [0.717, 1.165) is 48.3 Å². The Morgan fingerprint density at radius 2 is 1.71 bits per heavy atom. The second-order valence-corrected chi connectivity index (χ2v) is 7.81. The summed E-state index contributed by atoms with van der Waals surface area (Å²) in [5.74, 6) is 0.400. The van der Waals surface area contributed by atoms with Crippen molar-refractivity contribution in [1.82, 2.24) is 14.3 Å². The molecule has 1 aromatic heterocycles. The lowest BCUT2D eigenvalue weighted by Gasteiger charge is -2.38. The molecular formula is C20H20ClN5OS. The zero-order valence-corrected chi connectivity index (χ0v) is 16.7. The molecule has 1 aliphatic rings. The van der Waals surface area contributed by atoms with Crippen molar-refractivity contribution in [3.05, 3.63) is 65.2 Å². The summed E-state index contributed by atoms with van der Waals surface area (Å²) in [6.45, 7) is 2.97. The van der Waals surface area contributed by atoms with E-state index in [2.05, 4.69) is 19.2 Å². The molecule has 1 fully saturated rings. The summed E-state index contributed by atoms with van der Waals surface area (Å²) in [5, 5.41) is 1.54. The van der Waals surface area contributed by atoms with E-state index >= 15 is 0 Å². The molecule has 144 valence electrons. The quantitative estimate of drug-likeness (QED) is 0.695. The Morgan fingerprint density at radius 1 is 1.04 bits per heavy atom. The van der Waals surface area contributed by atoms with E-state index in [0.29, 0.717) is 5.02 Å². The van der Waals surface area contributed by atoms with Crippen molar-refractivity contribution in [2.45, 2.75) is 6.04 Å². The zero-order chi connectivity index (χ0) is 19.5. The van der Waals surface area contributed by atoms with Gasteiger partial charge < -0.3 is 10.6 Å². The van der Waals surface area contributed by atoms with Gasteiger partial charge in [-0.05, 0) is 17.7 Å². The number of nitrogens with zero attached hydrogens (tertiary/aromatic N) is 4. The molecule has 1 saturated heterocycles. The van der Waals surface area contributed by atoms with Crippen molar-refractivity contribution < 1.29 is 4.79 Å². The molecule has 1 amide bonds. The summed E-state index contributed by atoms with van der Waals surface area (Å²) in [5.41, 5.74) is 7.59. The van der Waals surface area contributed by atoms with E-state index in [4.69, 9.17) is 17.3 Å². The van der Waals surface area contributed by atoms with Gasteiger partial charge in [0.15, 0.2) is 5.82 Å². The summed E-state index contributed by atoms with van der Waals surface area (Å²) in [6.07, 6.45) is 0. The molecule has 3 aromatic rings. The minimum absolute atomic E-state index is 0.349. The van der Waals surface area contributed by atoms with Crippen LogP contribution in [0.15, 0.2) is 54.6 Å². The summed E-state index contributed by atoms with van der Waals surface area (Å²) < 4.78 is 4.49. The minimum Gasteiger partial charge on any atom is -0.368 e. The molecule has 4 rings (SSSR count).